The third-order valence-corrected chi connectivity index (χ3v) is 7.95. The van der Waals surface area contributed by atoms with Gasteiger partial charge in [-0.25, -0.2) is 9.18 Å². The van der Waals surface area contributed by atoms with E-state index in [-0.39, 0.29) is 17.3 Å². The number of hydrogen-bond donors (Lipinski definition) is 2. The summed E-state index contributed by atoms with van der Waals surface area (Å²) < 4.78 is 22.6. The lowest BCUT2D eigenvalue weighted by Crippen LogP contribution is -2.35. The molecule has 2 aromatic heterocycles. The second-order valence-electron chi connectivity index (χ2n) is 10.8. The lowest BCUT2D eigenvalue weighted by molar-refractivity contribution is 0.0696. The van der Waals surface area contributed by atoms with Crippen LogP contribution in [0.2, 0.25) is 0 Å². The van der Waals surface area contributed by atoms with E-state index >= 15 is 0 Å². The van der Waals surface area contributed by atoms with Crippen LogP contribution in [0.4, 0.5) is 4.39 Å². The third-order valence-electron chi connectivity index (χ3n) is 7.95. The molecule has 1 aliphatic carbocycles. The van der Waals surface area contributed by atoms with Gasteiger partial charge >= 0.3 is 5.97 Å². The van der Waals surface area contributed by atoms with E-state index < -0.39 is 11.5 Å². The fraction of sp³-hybridized carbons (Fsp3) is 0.114. The highest BCUT2D eigenvalue weighted by Crippen LogP contribution is 2.46. The van der Waals surface area contributed by atoms with Crippen molar-refractivity contribution >= 4 is 33.7 Å². The van der Waals surface area contributed by atoms with E-state index in [0.29, 0.717) is 34.5 Å². The molecule has 1 aliphatic rings. The van der Waals surface area contributed by atoms with Gasteiger partial charge in [0.15, 0.2) is 0 Å². The lowest BCUT2D eigenvalue weighted by atomic mass is 10.0. The molecule has 212 valence electrons. The number of aromatic nitrogens is 2. The van der Waals surface area contributed by atoms with Crippen LogP contribution in [0.25, 0.3) is 21.8 Å². The first-order chi connectivity index (χ1) is 20.9. The van der Waals surface area contributed by atoms with Crippen LogP contribution >= 0.6 is 0 Å². The molecule has 8 heteroatoms. The van der Waals surface area contributed by atoms with E-state index in [9.17, 15) is 19.1 Å². The van der Waals surface area contributed by atoms with Gasteiger partial charge in [0.25, 0.3) is 5.91 Å². The maximum atomic E-state index is 14.5. The fourth-order valence-electron chi connectivity index (χ4n) is 5.59. The van der Waals surface area contributed by atoms with Crippen LogP contribution < -0.4 is 10.1 Å². The first kappa shape index (κ1) is 26.4. The highest BCUT2D eigenvalue weighted by molar-refractivity contribution is 6.07. The smallest absolute Gasteiger partial charge is 0.335 e. The van der Waals surface area contributed by atoms with Crippen molar-refractivity contribution in [3.63, 3.8) is 0 Å². The zero-order chi connectivity index (χ0) is 29.6. The van der Waals surface area contributed by atoms with Crippen molar-refractivity contribution in [1.82, 2.24) is 14.9 Å². The standard InChI is InChI=1S/C35H26FN3O4/c36-30-12-16-37-31-11-6-22(18-28(30)31)21-39-17-13-24-19-27(43-26-4-2-1-3-5-26)20-29(32(24)39)33(40)38-35(14-15-35)25-9-7-23(8-10-25)34(41)42/h1-13,16-20H,14-15,21H2,(H,38,40)(H,41,42). The second-order valence-corrected chi connectivity index (χ2v) is 10.8. The summed E-state index contributed by atoms with van der Waals surface area (Å²) in [6, 6.07) is 28.4. The number of carboxylic acids is 1. The van der Waals surface area contributed by atoms with Crippen molar-refractivity contribution < 1.29 is 23.8 Å². The van der Waals surface area contributed by atoms with Gasteiger partial charge in [-0.3, -0.25) is 9.78 Å². The number of fused-ring (bicyclic) bond motifs is 2. The maximum Gasteiger partial charge on any atom is 0.335 e. The van der Waals surface area contributed by atoms with Crippen LogP contribution in [-0.4, -0.2) is 26.5 Å². The normalized spacial score (nSPS) is 13.6. The molecule has 7 rings (SSSR count). The zero-order valence-electron chi connectivity index (χ0n) is 23.0. The van der Waals surface area contributed by atoms with Crippen molar-refractivity contribution in [3.05, 3.63) is 138 Å². The molecule has 0 aliphatic heterocycles. The van der Waals surface area contributed by atoms with Gasteiger partial charge in [0, 0.05) is 29.7 Å². The SMILES string of the molecule is O=C(O)c1ccc(C2(NC(=O)c3cc(Oc4ccccc4)cc4ccn(Cc5ccc6nccc(F)c6c5)c34)CC2)cc1. The number of amides is 1. The number of aromatic carboxylic acids is 1. The number of pyridine rings is 1. The van der Waals surface area contributed by atoms with E-state index in [1.807, 2.05) is 59.3 Å². The monoisotopic (exact) mass is 571 g/mol. The van der Waals surface area contributed by atoms with Crippen LogP contribution in [0.5, 0.6) is 11.5 Å². The molecule has 0 atom stereocenters. The summed E-state index contributed by atoms with van der Waals surface area (Å²) in [5.41, 5.74) is 3.09. The number of benzene rings is 4. The Labute approximate surface area is 246 Å². The predicted octanol–water partition coefficient (Wildman–Crippen LogP) is 7.29. The van der Waals surface area contributed by atoms with Gasteiger partial charge in [-0.05, 0) is 84.6 Å². The average Bonchev–Trinajstić information content (AvgIpc) is 3.69. The number of para-hydroxylation sites is 1. The molecule has 1 saturated carbocycles. The van der Waals surface area contributed by atoms with Gasteiger partial charge in [-0.2, -0.15) is 0 Å². The Morgan fingerprint density at radius 1 is 0.930 bits per heavy atom. The molecule has 7 nitrogen and oxygen atoms in total. The quantitative estimate of drug-likeness (QED) is 0.200. The molecule has 0 spiro atoms. The van der Waals surface area contributed by atoms with Crippen LogP contribution in [0.1, 0.15) is 44.7 Å². The third kappa shape index (κ3) is 5.08. The average molecular weight is 572 g/mol. The van der Waals surface area contributed by atoms with Gasteiger partial charge in [-0.1, -0.05) is 36.4 Å². The molecule has 2 heterocycles. The number of carbonyl (C=O) groups excluding carboxylic acids is 1. The molecule has 6 aromatic rings. The number of nitrogens with zero attached hydrogens (tertiary/aromatic N) is 2. The molecule has 1 amide bonds. The predicted molar refractivity (Wildman–Crippen MR) is 161 cm³/mol. The number of nitrogens with one attached hydrogen (secondary N) is 1. The van der Waals surface area contributed by atoms with Gasteiger partial charge < -0.3 is 19.7 Å². The van der Waals surface area contributed by atoms with Crippen LogP contribution in [0, 0.1) is 5.82 Å². The van der Waals surface area contributed by atoms with Crippen molar-refractivity contribution in [1.29, 1.82) is 0 Å². The molecule has 0 saturated heterocycles. The first-order valence-electron chi connectivity index (χ1n) is 13.9. The highest BCUT2D eigenvalue weighted by atomic mass is 19.1. The number of halogens is 1. The summed E-state index contributed by atoms with van der Waals surface area (Å²) in [5.74, 6) is -0.424. The van der Waals surface area contributed by atoms with Crippen molar-refractivity contribution in [2.45, 2.75) is 24.9 Å². The van der Waals surface area contributed by atoms with Crippen LogP contribution in [0.3, 0.4) is 0 Å². The number of carbonyl (C=O) groups is 2. The Morgan fingerprint density at radius 3 is 2.47 bits per heavy atom. The summed E-state index contributed by atoms with van der Waals surface area (Å²) in [5, 5.41) is 13.8. The minimum Gasteiger partial charge on any atom is -0.478 e. The number of carboxylic acid groups (broad SMARTS) is 1. The summed E-state index contributed by atoms with van der Waals surface area (Å²) >= 11 is 0. The molecular formula is C35H26FN3O4. The summed E-state index contributed by atoms with van der Waals surface area (Å²) in [6.45, 7) is 0.411. The van der Waals surface area contributed by atoms with Crippen molar-refractivity contribution in [3.8, 4) is 11.5 Å². The Morgan fingerprint density at radius 2 is 1.72 bits per heavy atom. The maximum absolute atomic E-state index is 14.5. The van der Waals surface area contributed by atoms with E-state index in [1.165, 1.54) is 12.3 Å². The van der Waals surface area contributed by atoms with Gasteiger partial charge in [0.05, 0.1) is 27.7 Å². The number of ether oxygens (including phenoxy) is 1. The fourth-order valence-corrected chi connectivity index (χ4v) is 5.59. The molecule has 0 radical (unpaired) electrons. The Kier molecular flexibility index (Phi) is 6.39. The summed E-state index contributed by atoms with van der Waals surface area (Å²) in [6.07, 6.45) is 4.84. The number of hydrogen-bond acceptors (Lipinski definition) is 4. The zero-order valence-corrected chi connectivity index (χ0v) is 23.0. The lowest BCUT2D eigenvalue weighted by Gasteiger charge is -2.20. The molecule has 4 aromatic carbocycles. The van der Waals surface area contributed by atoms with Gasteiger partial charge in [-0.15, -0.1) is 0 Å². The Bertz CT molecular complexity index is 2020. The van der Waals surface area contributed by atoms with Crippen molar-refractivity contribution in [2.75, 3.05) is 0 Å². The minimum atomic E-state index is -0.996. The number of rotatable bonds is 8. The summed E-state index contributed by atoms with van der Waals surface area (Å²) in [4.78, 5) is 29.6. The van der Waals surface area contributed by atoms with Crippen LogP contribution in [0.15, 0.2) is 109 Å². The van der Waals surface area contributed by atoms with E-state index in [0.717, 1.165) is 34.9 Å². The Balaban J connectivity index is 1.27. The second kappa shape index (κ2) is 10.4. The van der Waals surface area contributed by atoms with E-state index in [1.54, 1.807) is 42.5 Å². The molecule has 43 heavy (non-hydrogen) atoms. The molecule has 1 fully saturated rings. The summed E-state index contributed by atoms with van der Waals surface area (Å²) in [7, 11) is 0. The van der Waals surface area contributed by atoms with E-state index in [4.69, 9.17) is 4.74 Å². The highest BCUT2D eigenvalue weighted by Gasteiger charge is 2.46. The molecule has 0 bridgehead atoms. The van der Waals surface area contributed by atoms with Crippen molar-refractivity contribution in [2.24, 2.45) is 0 Å². The van der Waals surface area contributed by atoms with Crippen LogP contribution in [-0.2, 0) is 12.1 Å². The van der Waals surface area contributed by atoms with Gasteiger partial charge in [0.1, 0.15) is 17.3 Å². The Hall–Kier alpha value is -5.50. The molecule has 0 unspecified atom stereocenters. The minimum absolute atomic E-state index is 0.195. The topological polar surface area (TPSA) is 93.5 Å². The molecule has 2 N–H and O–H groups in total. The first-order valence-corrected chi connectivity index (χ1v) is 13.9. The largest absolute Gasteiger partial charge is 0.478 e. The molecular weight excluding hydrogens is 545 g/mol. The van der Waals surface area contributed by atoms with E-state index in [2.05, 4.69) is 10.3 Å². The van der Waals surface area contributed by atoms with Gasteiger partial charge in [0.2, 0.25) is 0 Å².